The molecule has 0 radical (unpaired) electrons. The Balaban J connectivity index is 0.00000280. The molecule has 2 aromatic heterocycles. The number of nitrogens with one attached hydrogen (secondary N) is 1. The molecule has 0 spiro atoms. The van der Waals surface area contributed by atoms with Crippen LogP contribution in [0.5, 0.6) is 0 Å². The van der Waals surface area contributed by atoms with Gasteiger partial charge in [-0.15, -0.1) is 24.0 Å². The Hall–Kier alpha value is -1.81. The summed E-state index contributed by atoms with van der Waals surface area (Å²) < 4.78 is 5.27. The van der Waals surface area contributed by atoms with Gasteiger partial charge in [-0.2, -0.15) is 0 Å². The van der Waals surface area contributed by atoms with E-state index in [0.717, 1.165) is 30.1 Å². The van der Waals surface area contributed by atoms with E-state index in [1.807, 2.05) is 26.6 Å². The fourth-order valence-electron chi connectivity index (χ4n) is 2.96. The first-order valence-electron chi connectivity index (χ1n) is 8.81. The number of aromatic nitrogens is 3. The Morgan fingerprint density at radius 3 is 2.54 bits per heavy atom. The van der Waals surface area contributed by atoms with E-state index < -0.39 is 0 Å². The average Bonchev–Trinajstić information content (AvgIpc) is 3.26. The van der Waals surface area contributed by atoms with Gasteiger partial charge in [0.1, 0.15) is 0 Å². The molecule has 1 N–H and O–H groups in total. The van der Waals surface area contributed by atoms with Crippen molar-refractivity contribution in [3.05, 3.63) is 76.5 Å². The SMILES string of the molecule is CN=C(NCc1ccc(Cn2ccnc2)cc1)N(C)Cc1cc(Br)cn1C.I. The second-order valence-corrected chi connectivity index (χ2v) is 7.48. The fourth-order valence-corrected chi connectivity index (χ4v) is 3.53. The van der Waals surface area contributed by atoms with Crippen molar-refractivity contribution in [2.75, 3.05) is 14.1 Å². The number of rotatable bonds is 6. The average molecular weight is 557 g/mol. The van der Waals surface area contributed by atoms with Gasteiger partial charge in [-0.1, -0.05) is 24.3 Å². The molecular weight excluding hydrogens is 531 g/mol. The molecule has 150 valence electrons. The lowest BCUT2D eigenvalue weighted by Crippen LogP contribution is -2.38. The molecular formula is C20H26BrIN6. The zero-order chi connectivity index (χ0) is 19.2. The predicted molar refractivity (Wildman–Crippen MR) is 128 cm³/mol. The van der Waals surface area contributed by atoms with Crippen LogP contribution in [0.25, 0.3) is 0 Å². The van der Waals surface area contributed by atoms with Gasteiger partial charge in [-0.3, -0.25) is 4.99 Å². The zero-order valence-corrected chi connectivity index (χ0v) is 20.3. The number of imidazole rings is 1. The quantitative estimate of drug-likeness (QED) is 0.285. The van der Waals surface area contributed by atoms with Gasteiger partial charge in [-0.05, 0) is 33.1 Å². The maximum atomic E-state index is 4.40. The molecule has 0 aliphatic heterocycles. The molecule has 6 nitrogen and oxygen atoms in total. The summed E-state index contributed by atoms with van der Waals surface area (Å²) in [5, 5.41) is 3.44. The van der Waals surface area contributed by atoms with Crippen LogP contribution in [0.4, 0.5) is 0 Å². The van der Waals surface area contributed by atoms with Crippen LogP contribution in [0, 0.1) is 0 Å². The van der Waals surface area contributed by atoms with Crippen LogP contribution in [0.15, 0.2) is 64.7 Å². The van der Waals surface area contributed by atoms with Gasteiger partial charge in [-0.25, -0.2) is 4.98 Å². The molecule has 1 aromatic carbocycles. The summed E-state index contributed by atoms with van der Waals surface area (Å²) >= 11 is 3.52. The molecule has 0 aliphatic rings. The largest absolute Gasteiger partial charge is 0.352 e. The maximum Gasteiger partial charge on any atom is 0.194 e. The number of hydrogen-bond acceptors (Lipinski definition) is 2. The summed E-state index contributed by atoms with van der Waals surface area (Å²) in [6, 6.07) is 10.8. The lowest BCUT2D eigenvalue weighted by atomic mass is 10.1. The van der Waals surface area contributed by atoms with E-state index in [9.17, 15) is 0 Å². The molecule has 28 heavy (non-hydrogen) atoms. The van der Waals surface area contributed by atoms with Gasteiger partial charge in [0.2, 0.25) is 0 Å². The van der Waals surface area contributed by atoms with Crippen molar-refractivity contribution < 1.29 is 0 Å². The Bertz CT molecular complexity index is 886. The van der Waals surface area contributed by atoms with E-state index in [0.29, 0.717) is 0 Å². The fraction of sp³-hybridized carbons (Fsp3) is 0.300. The third-order valence-corrected chi connectivity index (χ3v) is 4.88. The third-order valence-electron chi connectivity index (χ3n) is 4.44. The van der Waals surface area contributed by atoms with E-state index in [2.05, 4.69) is 88.8 Å². The predicted octanol–water partition coefficient (Wildman–Crippen LogP) is 3.86. The number of guanidine groups is 1. The van der Waals surface area contributed by atoms with Crippen LogP contribution < -0.4 is 5.32 Å². The van der Waals surface area contributed by atoms with Crippen LogP contribution in [0.3, 0.4) is 0 Å². The minimum atomic E-state index is 0. The van der Waals surface area contributed by atoms with Crippen molar-refractivity contribution in [1.82, 2.24) is 24.3 Å². The van der Waals surface area contributed by atoms with E-state index >= 15 is 0 Å². The first-order valence-corrected chi connectivity index (χ1v) is 9.60. The van der Waals surface area contributed by atoms with Crippen LogP contribution in [0.1, 0.15) is 16.8 Å². The minimum Gasteiger partial charge on any atom is -0.352 e. The van der Waals surface area contributed by atoms with Gasteiger partial charge in [0, 0.05) is 63.0 Å². The Morgan fingerprint density at radius 2 is 1.96 bits per heavy atom. The molecule has 3 aromatic rings. The van der Waals surface area contributed by atoms with Crippen molar-refractivity contribution in [2.45, 2.75) is 19.6 Å². The number of hydrogen-bond donors (Lipinski definition) is 1. The molecule has 0 saturated heterocycles. The van der Waals surface area contributed by atoms with Gasteiger partial charge in [0.15, 0.2) is 5.96 Å². The highest BCUT2D eigenvalue weighted by Crippen LogP contribution is 2.15. The van der Waals surface area contributed by atoms with Crippen molar-refractivity contribution in [1.29, 1.82) is 0 Å². The third kappa shape index (κ3) is 6.10. The maximum absolute atomic E-state index is 4.40. The Kier molecular flexibility index (Phi) is 8.56. The van der Waals surface area contributed by atoms with Crippen molar-refractivity contribution in [3.63, 3.8) is 0 Å². The van der Waals surface area contributed by atoms with Crippen LogP contribution in [-0.2, 0) is 26.7 Å². The van der Waals surface area contributed by atoms with Crippen molar-refractivity contribution in [2.24, 2.45) is 12.0 Å². The monoisotopic (exact) mass is 556 g/mol. The topological polar surface area (TPSA) is 50.4 Å². The van der Waals surface area contributed by atoms with Crippen molar-refractivity contribution >= 4 is 45.9 Å². The number of aliphatic imine (C=N–C) groups is 1. The molecule has 0 fully saturated rings. The molecule has 0 saturated carbocycles. The second kappa shape index (κ2) is 10.7. The second-order valence-electron chi connectivity index (χ2n) is 6.57. The van der Waals surface area contributed by atoms with Crippen LogP contribution in [-0.4, -0.2) is 39.1 Å². The zero-order valence-electron chi connectivity index (χ0n) is 16.3. The highest BCUT2D eigenvalue weighted by Gasteiger charge is 2.09. The highest BCUT2D eigenvalue weighted by molar-refractivity contribution is 14.0. The van der Waals surface area contributed by atoms with E-state index in [4.69, 9.17) is 0 Å². The normalized spacial score (nSPS) is 11.2. The van der Waals surface area contributed by atoms with Gasteiger partial charge < -0.3 is 19.4 Å². The molecule has 0 amide bonds. The molecule has 0 aliphatic carbocycles. The minimum absolute atomic E-state index is 0. The Labute approximate surface area is 191 Å². The lowest BCUT2D eigenvalue weighted by Gasteiger charge is -2.22. The summed E-state index contributed by atoms with van der Waals surface area (Å²) in [4.78, 5) is 10.6. The first-order chi connectivity index (χ1) is 13.0. The van der Waals surface area contributed by atoms with E-state index in [1.54, 1.807) is 6.20 Å². The number of nitrogens with zero attached hydrogens (tertiary/aromatic N) is 5. The summed E-state index contributed by atoms with van der Waals surface area (Å²) in [7, 11) is 5.91. The summed E-state index contributed by atoms with van der Waals surface area (Å²) in [6.45, 7) is 2.36. The summed E-state index contributed by atoms with van der Waals surface area (Å²) in [6.07, 6.45) is 7.67. The molecule has 0 unspecified atom stereocenters. The number of benzene rings is 1. The van der Waals surface area contributed by atoms with Gasteiger partial charge >= 0.3 is 0 Å². The first kappa shape index (κ1) is 22.5. The lowest BCUT2D eigenvalue weighted by molar-refractivity contribution is 0.461. The molecule has 0 atom stereocenters. The smallest absolute Gasteiger partial charge is 0.194 e. The van der Waals surface area contributed by atoms with E-state index in [-0.39, 0.29) is 24.0 Å². The summed E-state index contributed by atoms with van der Waals surface area (Å²) in [5.74, 6) is 0.870. The summed E-state index contributed by atoms with van der Waals surface area (Å²) in [5.41, 5.74) is 3.70. The molecule has 0 bridgehead atoms. The van der Waals surface area contributed by atoms with Gasteiger partial charge in [0.05, 0.1) is 12.9 Å². The molecule has 8 heteroatoms. The standard InChI is InChI=1S/C20H25BrN6.HI/c1-22-20(26(3)14-19-10-18(21)13-25(19)2)24-11-16-4-6-17(7-5-16)12-27-9-8-23-15-27;/h4-10,13,15H,11-12,14H2,1-3H3,(H,22,24);1H. The van der Waals surface area contributed by atoms with E-state index in [1.165, 1.54) is 16.8 Å². The molecule has 3 rings (SSSR count). The molecule has 2 heterocycles. The van der Waals surface area contributed by atoms with Crippen LogP contribution in [0.2, 0.25) is 0 Å². The highest BCUT2D eigenvalue weighted by atomic mass is 127. The van der Waals surface area contributed by atoms with Crippen molar-refractivity contribution in [3.8, 4) is 0 Å². The number of halogens is 2. The van der Waals surface area contributed by atoms with Gasteiger partial charge in [0.25, 0.3) is 0 Å². The number of aryl methyl sites for hydroxylation is 1. The van der Waals surface area contributed by atoms with Crippen LogP contribution >= 0.6 is 39.9 Å². The Morgan fingerprint density at radius 1 is 1.25 bits per heavy atom.